The van der Waals surface area contributed by atoms with E-state index < -0.39 is 0 Å². The predicted octanol–water partition coefficient (Wildman–Crippen LogP) is 2.53. The lowest BCUT2D eigenvalue weighted by Crippen LogP contribution is -2.51. The van der Waals surface area contributed by atoms with Gasteiger partial charge in [0, 0.05) is 19.1 Å². The molecule has 22 heavy (non-hydrogen) atoms. The normalized spacial score (nSPS) is 22.0. The molecule has 1 aliphatic rings. The molecular weight excluding hydrogens is 298 g/mol. The van der Waals surface area contributed by atoms with Crippen LogP contribution in [-0.2, 0) is 11.2 Å². The third-order valence-corrected chi connectivity index (χ3v) is 5.15. The average Bonchev–Trinajstić information content (AvgIpc) is 3.17. The van der Waals surface area contributed by atoms with E-state index in [-0.39, 0.29) is 18.4 Å². The summed E-state index contributed by atoms with van der Waals surface area (Å²) in [6.07, 6.45) is 4.04. The Morgan fingerprint density at radius 1 is 1.59 bits per heavy atom. The van der Waals surface area contributed by atoms with Crippen molar-refractivity contribution in [3.05, 3.63) is 29.5 Å². The van der Waals surface area contributed by atoms with Crippen LogP contribution in [0.5, 0.6) is 0 Å². The molecule has 1 aliphatic heterocycles. The first-order valence-electron chi connectivity index (χ1n) is 7.67. The first-order chi connectivity index (χ1) is 10.7. The monoisotopic (exact) mass is 319 g/mol. The largest absolute Gasteiger partial charge is 0.444 e. The average molecular weight is 319 g/mol. The van der Waals surface area contributed by atoms with E-state index in [4.69, 9.17) is 10.2 Å². The Kier molecular flexibility index (Phi) is 4.59. The number of piperidine rings is 1. The predicted molar refractivity (Wildman–Crippen MR) is 86.5 cm³/mol. The molecule has 5 nitrogen and oxygen atoms in total. The van der Waals surface area contributed by atoms with E-state index >= 15 is 0 Å². The summed E-state index contributed by atoms with van der Waals surface area (Å²) in [5, 5.41) is 1.98. The van der Waals surface area contributed by atoms with Crippen LogP contribution in [0.4, 0.5) is 0 Å². The summed E-state index contributed by atoms with van der Waals surface area (Å²) >= 11 is 1.57. The van der Waals surface area contributed by atoms with Gasteiger partial charge in [-0.3, -0.25) is 4.79 Å². The van der Waals surface area contributed by atoms with E-state index in [2.05, 4.69) is 11.9 Å². The molecule has 6 heteroatoms. The Morgan fingerprint density at radius 2 is 2.45 bits per heavy atom. The van der Waals surface area contributed by atoms with Crippen LogP contribution in [0.15, 0.2) is 28.2 Å². The first kappa shape index (κ1) is 15.2. The Hall–Kier alpha value is -1.66. The molecule has 2 N–H and O–H groups in total. The lowest BCUT2D eigenvalue weighted by Gasteiger charge is -2.39. The van der Waals surface area contributed by atoms with Crippen molar-refractivity contribution in [2.24, 2.45) is 11.7 Å². The molecule has 3 heterocycles. The molecular formula is C16H21N3O2S. The van der Waals surface area contributed by atoms with Crippen molar-refractivity contribution in [2.45, 2.75) is 32.2 Å². The molecule has 0 aromatic carbocycles. The number of rotatable bonds is 4. The molecule has 0 spiro atoms. The zero-order chi connectivity index (χ0) is 15.5. The molecule has 3 rings (SSSR count). The van der Waals surface area contributed by atoms with Gasteiger partial charge in [0.25, 0.3) is 0 Å². The smallest absolute Gasteiger partial charge is 0.236 e. The van der Waals surface area contributed by atoms with E-state index in [1.165, 1.54) is 0 Å². The summed E-state index contributed by atoms with van der Waals surface area (Å²) in [5.41, 5.74) is 6.54. The molecule has 2 aromatic heterocycles. The van der Waals surface area contributed by atoms with Crippen LogP contribution in [0.25, 0.3) is 10.8 Å². The lowest BCUT2D eigenvalue weighted by atomic mass is 9.90. The first-order valence-corrected chi connectivity index (χ1v) is 8.55. The quantitative estimate of drug-likeness (QED) is 0.940. The number of amides is 1. The van der Waals surface area contributed by atoms with Gasteiger partial charge in [-0.15, -0.1) is 11.3 Å². The second-order valence-electron chi connectivity index (χ2n) is 5.81. The number of likely N-dealkylation sites (tertiary alicyclic amines) is 1. The molecule has 1 amide bonds. The summed E-state index contributed by atoms with van der Waals surface area (Å²) in [6.45, 7) is 3.48. The molecule has 0 radical (unpaired) electrons. The van der Waals surface area contributed by atoms with E-state index in [9.17, 15) is 4.79 Å². The molecule has 0 unspecified atom stereocenters. The van der Waals surface area contributed by atoms with Gasteiger partial charge in [0.05, 0.1) is 17.0 Å². The number of hydrogen-bond donors (Lipinski definition) is 1. The van der Waals surface area contributed by atoms with E-state index in [1.54, 1.807) is 17.6 Å². The maximum Gasteiger partial charge on any atom is 0.236 e. The van der Waals surface area contributed by atoms with E-state index in [0.717, 1.165) is 24.3 Å². The molecule has 1 fully saturated rings. The van der Waals surface area contributed by atoms with Gasteiger partial charge in [-0.05, 0) is 30.2 Å². The molecule has 0 bridgehead atoms. The lowest BCUT2D eigenvalue weighted by molar-refractivity contribution is -0.135. The summed E-state index contributed by atoms with van der Waals surface area (Å²) in [5.74, 6) is 1.13. The number of hydrogen-bond acceptors (Lipinski definition) is 5. The molecule has 0 aliphatic carbocycles. The van der Waals surface area contributed by atoms with Gasteiger partial charge in [-0.1, -0.05) is 13.0 Å². The van der Waals surface area contributed by atoms with Crippen molar-refractivity contribution >= 4 is 17.2 Å². The van der Waals surface area contributed by atoms with Crippen molar-refractivity contribution in [1.82, 2.24) is 9.88 Å². The summed E-state index contributed by atoms with van der Waals surface area (Å²) in [6, 6.07) is 4.06. The highest BCUT2D eigenvalue weighted by atomic mass is 32.1. The topological polar surface area (TPSA) is 72.4 Å². The number of oxazole rings is 1. The van der Waals surface area contributed by atoms with Crippen LogP contribution in [0, 0.1) is 5.92 Å². The Bertz CT molecular complexity index is 623. The van der Waals surface area contributed by atoms with Gasteiger partial charge < -0.3 is 15.1 Å². The second kappa shape index (κ2) is 6.62. The van der Waals surface area contributed by atoms with Crippen molar-refractivity contribution in [2.75, 3.05) is 13.1 Å². The van der Waals surface area contributed by atoms with Crippen molar-refractivity contribution in [1.29, 1.82) is 0 Å². The Balaban J connectivity index is 1.69. The van der Waals surface area contributed by atoms with Crippen LogP contribution in [0.2, 0.25) is 0 Å². The number of thiophene rings is 1. The molecule has 118 valence electrons. The van der Waals surface area contributed by atoms with Crippen LogP contribution < -0.4 is 5.73 Å². The van der Waals surface area contributed by atoms with Gasteiger partial charge in [0.1, 0.15) is 6.26 Å². The zero-order valence-corrected chi connectivity index (χ0v) is 13.5. The number of aromatic nitrogens is 1. The highest BCUT2D eigenvalue weighted by molar-refractivity contribution is 7.13. The third-order valence-electron chi connectivity index (χ3n) is 4.29. The van der Waals surface area contributed by atoms with Crippen LogP contribution in [0.3, 0.4) is 0 Å². The second-order valence-corrected chi connectivity index (χ2v) is 6.76. The maximum atomic E-state index is 12.6. The minimum atomic E-state index is 0.0908. The Labute approximate surface area is 134 Å². The van der Waals surface area contributed by atoms with Gasteiger partial charge in [-0.2, -0.15) is 0 Å². The number of nitrogens with zero attached hydrogens (tertiary/aromatic N) is 2. The fraction of sp³-hybridized carbons (Fsp3) is 0.500. The summed E-state index contributed by atoms with van der Waals surface area (Å²) < 4.78 is 5.48. The van der Waals surface area contributed by atoms with Gasteiger partial charge in [0.2, 0.25) is 11.8 Å². The standard InChI is InChI=1S/C16H21N3O2S/c1-11-4-2-6-19(13(11)9-17)15(20)8-12-10-21-16(18-12)14-5-3-7-22-14/h3,5,7,10-11,13H,2,4,6,8-9,17H2,1H3/t11-,13-/m1/s1. The minimum absolute atomic E-state index is 0.0908. The number of carbonyl (C=O) groups is 1. The molecule has 1 saturated heterocycles. The van der Waals surface area contributed by atoms with Crippen molar-refractivity contribution in [3.8, 4) is 10.8 Å². The fourth-order valence-corrected chi connectivity index (χ4v) is 3.73. The Morgan fingerprint density at radius 3 is 3.18 bits per heavy atom. The maximum absolute atomic E-state index is 12.6. The van der Waals surface area contributed by atoms with Gasteiger partial charge in [-0.25, -0.2) is 4.98 Å². The van der Waals surface area contributed by atoms with Crippen LogP contribution in [-0.4, -0.2) is 34.9 Å². The highest BCUT2D eigenvalue weighted by Gasteiger charge is 2.31. The molecule has 2 aromatic rings. The van der Waals surface area contributed by atoms with Crippen LogP contribution in [0.1, 0.15) is 25.5 Å². The summed E-state index contributed by atoms with van der Waals surface area (Å²) in [4.78, 5) is 19.9. The minimum Gasteiger partial charge on any atom is -0.444 e. The van der Waals surface area contributed by atoms with Crippen molar-refractivity contribution in [3.63, 3.8) is 0 Å². The number of nitrogens with two attached hydrogens (primary N) is 1. The van der Waals surface area contributed by atoms with Crippen molar-refractivity contribution < 1.29 is 9.21 Å². The zero-order valence-electron chi connectivity index (χ0n) is 12.7. The molecule has 2 atom stereocenters. The fourth-order valence-electron chi connectivity index (χ4n) is 3.08. The van der Waals surface area contributed by atoms with Gasteiger partial charge >= 0.3 is 0 Å². The third kappa shape index (κ3) is 3.08. The summed E-state index contributed by atoms with van der Waals surface area (Å²) in [7, 11) is 0. The van der Waals surface area contributed by atoms with E-state index in [1.807, 2.05) is 22.4 Å². The van der Waals surface area contributed by atoms with Crippen LogP contribution >= 0.6 is 11.3 Å². The SMILES string of the molecule is C[C@@H]1CCCN(C(=O)Cc2coc(-c3cccs3)n2)[C@@H]1CN. The van der Waals surface area contributed by atoms with Gasteiger partial charge in [0.15, 0.2) is 0 Å². The van der Waals surface area contributed by atoms with E-state index in [0.29, 0.717) is 24.0 Å². The molecule has 0 saturated carbocycles. The number of carbonyl (C=O) groups excluding carboxylic acids is 1. The highest BCUT2D eigenvalue weighted by Crippen LogP contribution is 2.25.